The standard InChI is InChI=1S/C14H10ClN3O4/c15-9-5-8(6-11-12(9)22-7-21-11)13(19)17-18-14(20)10-3-1-2-4-16-10/h1-6H,7H2,(H,17,19)(H,18,20). The Morgan fingerprint density at radius 3 is 2.73 bits per heavy atom. The normalized spacial score (nSPS) is 11.9. The average Bonchev–Trinajstić information content (AvgIpc) is 3.02. The van der Waals surface area contributed by atoms with E-state index >= 15 is 0 Å². The van der Waals surface area contributed by atoms with E-state index in [-0.39, 0.29) is 23.1 Å². The van der Waals surface area contributed by atoms with Crippen LogP contribution in [-0.4, -0.2) is 23.6 Å². The zero-order valence-electron chi connectivity index (χ0n) is 11.1. The van der Waals surface area contributed by atoms with Crippen LogP contribution >= 0.6 is 11.6 Å². The number of halogens is 1. The lowest BCUT2D eigenvalue weighted by atomic mass is 10.2. The largest absolute Gasteiger partial charge is 0.454 e. The minimum Gasteiger partial charge on any atom is -0.454 e. The van der Waals surface area contributed by atoms with Crippen LogP contribution in [0.25, 0.3) is 0 Å². The second kappa shape index (κ2) is 5.90. The number of hydrogen-bond donors (Lipinski definition) is 2. The van der Waals surface area contributed by atoms with E-state index in [0.717, 1.165) is 0 Å². The van der Waals surface area contributed by atoms with Crippen molar-refractivity contribution in [3.8, 4) is 11.5 Å². The summed E-state index contributed by atoms with van der Waals surface area (Å²) in [6, 6.07) is 7.79. The highest BCUT2D eigenvalue weighted by Crippen LogP contribution is 2.39. The smallest absolute Gasteiger partial charge is 0.288 e. The predicted molar refractivity (Wildman–Crippen MR) is 76.7 cm³/mol. The molecule has 1 aromatic carbocycles. The Bertz CT molecular complexity index is 736. The van der Waals surface area contributed by atoms with E-state index in [9.17, 15) is 9.59 Å². The molecule has 7 nitrogen and oxygen atoms in total. The fraction of sp³-hybridized carbons (Fsp3) is 0.0714. The molecule has 2 N–H and O–H groups in total. The monoisotopic (exact) mass is 319 g/mol. The number of hydrazine groups is 1. The van der Waals surface area contributed by atoms with Gasteiger partial charge in [-0.2, -0.15) is 0 Å². The number of fused-ring (bicyclic) bond motifs is 1. The molecule has 0 spiro atoms. The third-order valence-electron chi connectivity index (χ3n) is 2.88. The van der Waals surface area contributed by atoms with E-state index in [0.29, 0.717) is 11.5 Å². The van der Waals surface area contributed by atoms with E-state index in [1.54, 1.807) is 12.1 Å². The molecule has 1 aliphatic rings. The second-order valence-electron chi connectivity index (χ2n) is 4.32. The maximum Gasteiger partial charge on any atom is 0.288 e. The Morgan fingerprint density at radius 1 is 1.14 bits per heavy atom. The molecular formula is C14H10ClN3O4. The number of nitrogens with one attached hydrogen (secondary N) is 2. The van der Waals surface area contributed by atoms with Crippen molar-refractivity contribution in [2.75, 3.05) is 6.79 Å². The maximum atomic E-state index is 12.0. The van der Waals surface area contributed by atoms with Gasteiger partial charge in [-0.15, -0.1) is 0 Å². The van der Waals surface area contributed by atoms with Crippen LogP contribution in [0.2, 0.25) is 5.02 Å². The lowest BCUT2D eigenvalue weighted by Crippen LogP contribution is -2.41. The predicted octanol–water partition coefficient (Wildman–Crippen LogP) is 1.54. The van der Waals surface area contributed by atoms with Gasteiger partial charge in [0.2, 0.25) is 6.79 Å². The van der Waals surface area contributed by atoms with Crippen LogP contribution in [0.4, 0.5) is 0 Å². The van der Waals surface area contributed by atoms with Crippen LogP contribution in [0.3, 0.4) is 0 Å². The van der Waals surface area contributed by atoms with Gasteiger partial charge in [0, 0.05) is 11.8 Å². The van der Waals surface area contributed by atoms with Crippen LogP contribution in [0.1, 0.15) is 20.8 Å². The molecule has 0 unspecified atom stereocenters. The van der Waals surface area contributed by atoms with Crippen molar-refractivity contribution >= 4 is 23.4 Å². The van der Waals surface area contributed by atoms with Crippen molar-refractivity contribution in [2.45, 2.75) is 0 Å². The first-order valence-electron chi connectivity index (χ1n) is 6.26. The Morgan fingerprint density at radius 2 is 1.95 bits per heavy atom. The number of nitrogens with zero attached hydrogens (tertiary/aromatic N) is 1. The summed E-state index contributed by atoms with van der Waals surface area (Å²) in [7, 11) is 0. The first kappa shape index (κ1) is 14.2. The summed E-state index contributed by atoms with van der Waals surface area (Å²) >= 11 is 6.00. The molecule has 0 bridgehead atoms. The lowest BCUT2D eigenvalue weighted by molar-refractivity contribution is 0.0844. The van der Waals surface area contributed by atoms with Gasteiger partial charge in [0.25, 0.3) is 11.8 Å². The van der Waals surface area contributed by atoms with Gasteiger partial charge in [-0.25, -0.2) is 0 Å². The number of benzene rings is 1. The number of aromatic nitrogens is 1. The Balaban J connectivity index is 1.68. The number of carbonyl (C=O) groups excluding carboxylic acids is 2. The molecule has 2 amide bonds. The van der Waals surface area contributed by atoms with Crippen molar-refractivity contribution < 1.29 is 19.1 Å². The molecule has 2 aromatic rings. The molecule has 22 heavy (non-hydrogen) atoms. The third-order valence-corrected chi connectivity index (χ3v) is 3.16. The molecule has 0 radical (unpaired) electrons. The summed E-state index contributed by atoms with van der Waals surface area (Å²) in [6.07, 6.45) is 1.48. The molecule has 0 fully saturated rings. The summed E-state index contributed by atoms with van der Waals surface area (Å²) in [4.78, 5) is 27.7. The molecule has 8 heteroatoms. The summed E-state index contributed by atoms with van der Waals surface area (Å²) in [6.45, 7) is 0.0521. The Hall–Kier alpha value is -2.80. The van der Waals surface area contributed by atoms with E-state index in [2.05, 4.69) is 15.8 Å². The van der Waals surface area contributed by atoms with Crippen molar-refractivity contribution in [1.29, 1.82) is 0 Å². The molecule has 0 saturated heterocycles. The van der Waals surface area contributed by atoms with Crippen LogP contribution in [0.5, 0.6) is 11.5 Å². The number of carbonyl (C=O) groups is 2. The molecule has 0 aliphatic carbocycles. The number of pyridine rings is 1. The van der Waals surface area contributed by atoms with Crippen LogP contribution in [-0.2, 0) is 0 Å². The third kappa shape index (κ3) is 2.79. The molecule has 0 saturated carbocycles. The fourth-order valence-electron chi connectivity index (χ4n) is 1.85. The minimum absolute atomic E-state index is 0.0521. The van der Waals surface area contributed by atoms with E-state index in [1.165, 1.54) is 24.4 Å². The first-order chi connectivity index (χ1) is 10.6. The van der Waals surface area contributed by atoms with Crippen molar-refractivity contribution in [2.24, 2.45) is 0 Å². The van der Waals surface area contributed by atoms with Gasteiger partial charge in [0.15, 0.2) is 11.5 Å². The summed E-state index contributed by atoms with van der Waals surface area (Å²) in [5.41, 5.74) is 4.97. The lowest BCUT2D eigenvalue weighted by Gasteiger charge is -2.08. The first-order valence-corrected chi connectivity index (χ1v) is 6.64. The molecule has 1 aliphatic heterocycles. The summed E-state index contributed by atoms with van der Waals surface area (Å²) in [5.74, 6) is -0.283. The van der Waals surface area contributed by atoms with Crippen LogP contribution in [0.15, 0.2) is 36.5 Å². The minimum atomic E-state index is -0.538. The zero-order valence-corrected chi connectivity index (χ0v) is 11.9. The van der Waals surface area contributed by atoms with Gasteiger partial charge in [0.05, 0.1) is 5.02 Å². The van der Waals surface area contributed by atoms with Gasteiger partial charge < -0.3 is 9.47 Å². The zero-order chi connectivity index (χ0) is 15.5. The van der Waals surface area contributed by atoms with E-state index < -0.39 is 11.8 Å². The molecule has 2 heterocycles. The van der Waals surface area contributed by atoms with E-state index in [1.807, 2.05) is 0 Å². The topological polar surface area (TPSA) is 89.6 Å². The fourth-order valence-corrected chi connectivity index (χ4v) is 2.11. The molecule has 1 aromatic heterocycles. The van der Waals surface area contributed by atoms with Gasteiger partial charge in [-0.3, -0.25) is 25.4 Å². The molecule has 0 atom stereocenters. The Kier molecular flexibility index (Phi) is 3.80. The molecule has 3 rings (SSSR count). The molecule has 112 valence electrons. The number of rotatable bonds is 2. The highest BCUT2D eigenvalue weighted by atomic mass is 35.5. The van der Waals surface area contributed by atoms with Crippen molar-refractivity contribution in [1.82, 2.24) is 15.8 Å². The van der Waals surface area contributed by atoms with Gasteiger partial charge in [0.1, 0.15) is 5.69 Å². The van der Waals surface area contributed by atoms with Crippen molar-refractivity contribution in [3.05, 3.63) is 52.8 Å². The average molecular weight is 320 g/mol. The highest BCUT2D eigenvalue weighted by molar-refractivity contribution is 6.32. The number of ether oxygens (including phenoxy) is 2. The number of hydrogen-bond acceptors (Lipinski definition) is 5. The van der Waals surface area contributed by atoms with Crippen LogP contribution in [0, 0.1) is 0 Å². The summed E-state index contributed by atoms with van der Waals surface area (Å²) < 4.78 is 10.3. The van der Waals surface area contributed by atoms with Gasteiger partial charge in [-0.05, 0) is 24.3 Å². The quantitative estimate of drug-likeness (QED) is 0.820. The number of amides is 2. The molecular weight excluding hydrogens is 310 g/mol. The maximum absolute atomic E-state index is 12.0. The van der Waals surface area contributed by atoms with Gasteiger partial charge in [-0.1, -0.05) is 17.7 Å². The van der Waals surface area contributed by atoms with Crippen molar-refractivity contribution in [3.63, 3.8) is 0 Å². The summed E-state index contributed by atoms with van der Waals surface area (Å²) in [5, 5.41) is 0.260. The SMILES string of the molecule is O=C(NNC(=O)c1ccccn1)c1cc(Cl)c2c(c1)OCO2. The Labute approximate surface area is 130 Å². The van der Waals surface area contributed by atoms with Gasteiger partial charge >= 0.3 is 0 Å². The van der Waals surface area contributed by atoms with E-state index in [4.69, 9.17) is 21.1 Å². The van der Waals surface area contributed by atoms with Crippen LogP contribution < -0.4 is 20.3 Å². The second-order valence-corrected chi connectivity index (χ2v) is 4.72. The highest BCUT2D eigenvalue weighted by Gasteiger charge is 2.21.